The van der Waals surface area contributed by atoms with Crippen molar-refractivity contribution in [2.75, 3.05) is 13.2 Å². The molecule has 0 saturated heterocycles. The molecule has 4 aromatic carbocycles. The Hall–Kier alpha value is -3.90. The van der Waals surface area contributed by atoms with Crippen LogP contribution >= 0.6 is 15.9 Å². The Morgan fingerprint density at radius 2 is 1.43 bits per heavy atom. The van der Waals surface area contributed by atoms with E-state index in [1.54, 1.807) is 30.3 Å². The number of carbonyl (C=O) groups is 2. The molecule has 0 amide bonds. The van der Waals surface area contributed by atoms with Gasteiger partial charge >= 0.3 is 11.9 Å². The van der Waals surface area contributed by atoms with E-state index in [-0.39, 0.29) is 6.61 Å². The number of carbonyl (C=O) groups excluding carboxylic acids is 2. The van der Waals surface area contributed by atoms with E-state index in [2.05, 4.69) is 15.9 Å². The Kier molecular flexibility index (Phi) is 8.30. The summed E-state index contributed by atoms with van der Waals surface area (Å²) in [5.74, 6) is -0.124. The molecule has 35 heavy (non-hydrogen) atoms. The van der Waals surface area contributed by atoms with Crippen LogP contribution in [0.2, 0.25) is 0 Å². The maximum atomic E-state index is 12.2. The Labute approximate surface area is 212 Å². The van der Waals surface area contributed by atoms with E-state index in [0.717, 1.165) is 21.2 Å². The van der Waals surface area contributed by atoms with Crippen molar-refractivity contribution in [2.45, 2.75) is 6.42 Å². The number of rotatable bonds is 9. The van der Waals surface area contributed by atoms with Crippen molar-refractivity contribution in [3.05, 3.63) is 119 Å². The molecule has 0 spiro atoms. The zero-order valence-corrected chi connectivity index (χ0v) is 20.4. The van der Waals surface area contributed by atoms with Gasteiger partial charge in [0.2, 0.25) is 0 Å². The van der Waals surface area contributed by atoms with Crippen molar-refractivity contribution in [1.29, 1.82) is 0 Å². The van der Waals surface area contributed by atoms with Crippen LogP contribution in [0.5, 0.6) is 11.5 Å². The van der Waals surface area contributed by atoms with Gasteiger partial charge in [-0.25, -0.2) is 9.59 Å². The standard InChI is InChI=1S/C29H23BrO5/c30-26-19-24(22-9-5-2-6-10-22)13-16-27(26)34-20-28(31)35-25-14-11-23(12-15-25)29(32)33-18-17-21-7-3-1-4-8-21/h1-16,19H,17-18,20H2. The predicted octanol–water partition coefficient (Wildman–Crippen LogP) is 6.50. The molecule has 176 valence electrons. The van der Waals surface area contributed by atoms with Crippen LogP contribution in [0.3, 0.4) is 0 Å². The van der Waals surface area contributed by atoms with E-state index in [0.29, 0.717) is 30.1 Å². The highest BCUT2D eigenvalue weighted by molar-refractivity contribution is 9.10. The van der Waals surface area contributed by atoms with Crippen molar-refractivity contribution in [3.63, 3.8) is 0 Å². The van der Waals surface area contributed by atoms with E-state index in [4.69, 9.17) is 14.2 Å². The van der Waals surface area contributed by atoms with Crippen molar-refractivity contribution < 1.29 is 23.8 Å². The molecular formula is C29H23BrO5. The molecule has 5 nitrogen and oxygen atoms in total. The Morgan fingerprint density at radius 1 is 0.743 bits per heavy atom. The van der Waals surface area contributed by atoms with Gasteiger partial charge in [0, 0.05) is 6.42 Å². The van der Waals surface area contributed by atoms with Gasteiger partial charge in [0.15, 0.2) is 6.61 Å². The molecule has 0 aromatic heterocycles. The van der Waals surface area contributed by atoms with E-state index in [1.807, 2.05) is 72.8 Å². The largest absolute Gasteiger partial charge is 0.481 e. The molecule has 0 bridgehead atoms. The van der Waals surface area contributed by atoms with Crippen LogP contribution in [0.15, 0.2) is 108 Å². The predicted molar refractivity (Wildman–Crippen MR) is 138 cm³/mol. The monoisotopic (exact) mass is 530 g/mol. The average Bonchev–Trinajstić information content (AvgIpc) is 2.89. The zero-order valence-electron chi connectivity index (χ0n) is 18.9. The first-order valence-electron chi connectivity index (χ1n) is 11.1. The number of esters is 2. The first-order valence-corrected chi connectivity index (χ1v) is 11.9. The van der Waals surface area contributed by atoms with E-state index >= 15 is 0 Å². The van der Waals surface area contributed by atoms with Crippen LogP contribution in [0, 0.1) is 0 Å². The summed E-state index contributed by atoms with van der Waals surface area (Å²) in [6, 6.07) is 31.7. The third-order valence-corrected chi connectivity index (χ3v) is 5.79. The molecule has 0 unspecified atom stereocenters. The van der Waals surface area contributed by atoms with Gasteiger partial charge in [-0.05, 0) is 69.0 Å². The second kappa shape index (κ2) is 12.0. The molecule has 0 aliphatic carbocycles. The van der Waals surface area contributed by atoms with E-state index < -0.39 is 11.9 Å². The molecule has 4 aromatic rings. The normalized spacial score (nSPS) is 10.4. The van der Waals surface area contributed by atoms with E-state index in [9.17, 15) is 9.59 Å². The van der Waals surface area contributed by atoms with Gasteiger partial charge in [0.05, 0.1) is 16.6 Å². The molecule has 0 heterocycles. The summed E-state index contributed by atoms with van der Waals surface area (Å²) in [5.41, 5.74) is 3.61. The Bertz CT molecular complexity index is 1270. The summed E-state index contributed by atoms with van der Waals surface area (Å²) in [5, 5.41) is 0. The lowest BCUT2D eigenvalue weighted by Gasteiger charge is -2.10. The number of ether oxygens (including phenoxy) is 3. The van der Waals surface area contributed by atoms with Gasteiger partial charge < -0.3 is 14.2 Å². The minimum absolute atomic E-state index is 0.257. The summed E-state index contributed by atoms with van der Waals surface area (Å²) >= 11 is 3.49. The van der Waals surface area contributed by atoms with E-state index in [1.165, 1.54) is 0 Å². The lowest BCUT2D eigenvalue weighted by Crippen LogP contribution is -2.18. The molecule has 0 fully saturated rings. The minimum Gasteiger partial charge on any atom is -0.481 e. The molecule has 0 radical (unpaired) electrons. The quantitative estimate of drug-likeness (QED) is 0.182. The second-order valence-electron chi connectivity index (χ2n) is 7.67. The summed E-state index contributed by atoms with van der Waals surface area (Å²) < 4.78 is 17.0. The first-order chi connectivity index (χ1) is 17.1. The average molecular weight is 531 g/mol. The molecule has 6 heteroatoms. The lowest BCUT2D eigenvalue weighted by molar-refractivity contribution is -0.136. The third kappa shape index (κ3) is 7.04. The number of halogens is 1. The maximum absolute atomic E-state index is 12.2. The summed E-state index contributed by atoms with van der Waals surface area (Å²) in [6.45, 7) is 0.0331. The summed E-state index contributed by atoms with van der Waals surface area (Å²) in [6.07, 6.45) is 0.646. The molecule has 0 saturated carbocycles. The Morgan fingerprint density at radius 3 is 2.11 bits per heavy atom. The summed E-state index contributed by atoms with van der Waals surface area (Å²) in [7, 11) is 0. The van der Waals surface area contributed by atoms with Crippen LogP contribution in [0.4, 0.5) is 0 Å². The second-order valence-corrected chi connectivity index (χ2v) is 8.52. The highest BCUT2D eigenvalue weighted by atomic mass is 79.9. The van der Waals surface area contributed by atoms with Crippen LogP contribution in [0.25, 0.3) is 11.1 Å². The van der Waals surface area contributed by atoms with Crippen molar-refractivity contribution >= 4 is 27.9 Å². The van der Waals surface area contributed by atoms with Crippen molar-refractivity contribution in [2.24, 2.45) is 0 Å². The SMILES string of the molecule is O=C(COc1ccc(-c2ccccc2)cc1Br)Oc1ccc(C(=O)OCCc2ccccc2)cc1. The molecule has 4 rings (SSSR count). The highest BCUT2D eigenvalue weighted by Gasteiger charge is 2.11. The summed E-state index contributed by atoms with van der Waals surface area (Å²) in [4.78, 5) is 24.4. The van der Waals surface area contributed by atoms with Gasteiger partial charge in [-0.2, -0.15) is 0 Å². The van der Waals surface area contributed by atoms with Crippen LogP contribution in [-0.4, -0.2) is 25.2 Å². The maximum Gasteiger partial charge on any atom is 0.349 e. The first kappa shape index (κ1) is 24.2. The molecular weight excluding hydrogens is 508 g/mol. The number of hydrogen-bond acceptors (Lipinski definition) is 5. The third-order valence-electron chi connectivity index (χ3n) is 5.17. The zero-order chi connectivity index (χ0) is 24.5. The molecule has 0 aliphatic rings. The fourth-order valence-corrected chi connectivity index (χ4v) is 3.87. The molecule has 0 aliphatic heterocycles. The highest BCUT2D eigenvalue weighted by Crippen LogP contribution is 2.30. The lowest BCUT2D eigenvalue weighted by atomic mass is 10.1. The number of benzene rings is 4. The van der Waals surface area contributed by atoms with Gasteiger partial charge in [-0.1, -0.05) is 66.7 Å². The van der Waals surface area contributed by atoms with Gasteiger partial charge in [0.1, 0.15) is 11.5 Å². The topological polar surface area (TPSA) is 61.8 Å². The fourth-order valence-electron chi connectivity index (χ4n) is 3.37. The molecule has 0 N–H and O–H groups in total. The van der Waals surface area contributed by atoms with Gasteiger partial charge in [-0.15, -0.1) is 0 Å². The smallest absolute Gasteiger partial charge is 0.349 e. The van der Waals surface area contributed by atoms with Crippen LogP contribution < -0.4 is 9.47 Å². The molecule has 0 atom stereocenters. The van der Waals surface area contributed by atoms with Crippen molar-refractivity contribution in [1.82, 2.24) is 0 Å². The van der Waals surface area contributed by atoms with Gasteiger partial charge in [-0.3, -0.25) is 0 Å². The fraction of sp³-hybridized carbons (Fsp3) is 0.103. The Balaban J connectivity index is 1.24. The van der Waals surface area contributed by atoms with Crippen LogP contribution in [0.1, 0.15) is 15.9 Å². The van der Waals surface area contributed by atoms with Crippen LogP contribution in [-0.2, 0) is 16.0 Å². The number of hydrogen-bond donors (Lipinski definition) is 0. The van der Waals surface area contributed by atoms with Crippen molar-refractivity contribution in [3.8, 4) is 22.6 Å². The van der Waals surface area contributed by atoms with Gasteiger partial charge in [0.25, 0.3) is 0 Å². The minimum atomic E-state index is -0.553.